The fraction of sp³-hybridized carbons (Fsp3) is 0.500. The minimum atomic E-state index is -0.437. The molecule has 2 N–H and O–H groups in total. The van der Waals surface area contributed by atoms with E-state index in [4.69, 9.17) is 10.5 Å². The molecule has 0 unspecified atom stereocenters. The van der Waals surface area contributed by atoms with Crippen LogP contribution in [0, 0.1) is 11.6 Å². The second-order valence-electron chi connectivity index (χ2n) is 4.07. The quantitative estimate of drug-likeness (QED) is 0.868. The summed E-state index contributed by atoms with van der Waals surface area (Å²) in [6, 6.07) is 3.21. The van der Waals surface area contributed by atoms with Gasteiger partial charge in [-0.15, -0.1) is 0 Å². The van der Waals surface area contributed by atoms with Gasteiger partial charge in [-0.25, -0.2) is 8.78 Å². The lowest BCUT2D eigenvalue weighted by Crippen LogP contribution is -2.42. The molecule has 17 heavy (non-hydrogen) atoms. The summed E-state index contributed by atoms with van der Waals surface area (Å²) < 4.78 is 32.1. The molecule has 3 nitrogen and oxygen atoms in total. The first kappa shape index (κ1) is 12.4. The maximum Gasteiger partial charge on any atom is 0.128 e. The molecule has 1 aliphatic rings. The maximum absolute atomic E-state index is 13.7. The molecule has 1 saturated heterocycles. The summed E-state index contributed by atoms with van der Waals surface area (Å²) in [4.78, 5) is 2.03. The van der Waals surface area contributed by atoms with Crippen molar-refractivity contribution in [3.05, 3.63) is 35.4 Å². The van der Waals surface area contributed by atoms with Gasteiger partial charge in [0.25, 0.3) is 0 Å². The van der Waals surface area contributed by atoms with E-state index in [1.165, 1.54) is 6.07 Å². The Morgan fingerprint density at radius 1 is 1.29 bits per heavy atom. The van der Waals surface area contributed by atoms with Crippen molar-refractivity contribution in [2.45, 2.75) is 6.04 Å². The zero-order valence-electron chi connectivity index (χ0n) is 9.53. The van der Waals surface area contributed by atoms with Crippen molar-refractivity contribution in [2.75, 3.05) is 32.8 Å². The summed E-state index contributed by atoms with van der Waals surface area (Å²) in [5, 5.41) is 0. The second kappa shape index (κ2) is 5.53. The Hall–Kier alpha value is -1.04. The Balaban J connectivity index is 2.24. The van der Waals surface area contributed by atoms with E-state index < -0.39 is 11.6 Å². The highest BCUT2D eigenvalue weighted by atomic mass is 19.1. The predicted molar refractivity (Wildman–Crippen MR) is 60.5 cm³/mol. The summed E-state index contributed by atoms with van der Waals surface area (Å²) in [6.45, 7) is 2.86. The van der Waals surface area contributed by atoms with Crippen molar-refractivity contribution < 1.29 is 13.5 Å². The topological polar surface area (TPSA) is 38.5 Å². The largest absolute Gasteiger partial charge is 0.379 e. The fourth-order valence-corrected chi connectivity index (χ4v) is 2.13. The van der Waals surface area contributed by atoms with E-state index in [2.05, 4.69) is 0 Å². The van der Waals surface area contributed by atoms with Crippen LogP contribution in [0.1, 0.15) is 11.6 Å². The molecule has 1 aromatic rings. The first-order valence-electron chi connectivity index (χ1n) is 5.69. The molecular formula is C12H16F2N2O. The molecule has 94 valence electrons. The highest BCUT2D eigenvalue weighted by Crippen LogP contribution is 2.24. The number of nitrogens with two attached hydrogens (primary N) is 1. The van der Waals surface area contributed by atoms with Crippen LogP contribution in [0.2, 0.25) is 0 Å². The van der Waals surface area contributed by atoms with Crippen molar-refractivity contribution in [3.63, 3.8) is 0 Å². The van der Waals surface area contributed by atoms with Crippen molar-refractivity contribution in [1.29, 1.82) is 0 Å². The minimum Gasteiger partial charge on any atom is -0.379 e. The van der Waals surface area contributed by atoms with Gasteiger partial charge in [0.15, 0.2) is 0 Å². The van der Waals surface area contributed by atoms with E-state index in [-0.39, 0.29) is 12.6 Å². The molecule has 1 aromatic carbocycles. The molecule has 0 amide bonds. The number of benzene rings is 1. The molecule has 0 aliphatic carbocycles. The normalized spacial score (nSPS) is 19.2. The number of morpholine rings is 1. The summed E-state index contributed by atoms with van der Waals surface area (Å²) >= 11 is 0. The Morgan fingerprint density at radius 3 is 2.65 bits per heavy atom. The van der Waals surface area contributed by atoms with Crippen LogP contribution in [-0.4, -0.2) is 37.7 Å². The SMILES string of the molecule is NC[C@H](c1cc(F)ccc1F)N1CCOCC1. The van der Waals surface area contributed by atoms with Crippen LogP contribution in [0.15, 0.2) is 18.2 Å². The number of hydrogen-bond donors (Lipinski definition) is 1. The first-order chi connectivity index (χ1) is 8.22. The molecule has 1 heterocycles. The van der Waals surface area contributed by atoms with Crippen LogP contribution >= 0.6 is 0 Å². The monoisotopic (exact) mass is 242 g/mol. The van der Waals surface area contributed by atoms with Gasteiger partial charge in [-0.3, -0.25) is 4.90 Å². The third-order valence-electron chi connectivity index (χ3n) is 3.03. The van der Waals surface area contributed by atoms with Gasteiger partial charge in [0.1, 0.15) is 11.6 Å². The molecule has 5 heteroatoms. The standard InChI is InChI=1S/C12H16F2N2O/c13-9-1-2-11(14)10(7-9)12(8-15)16-3-5-17-6-4-16/h1-2,7,12H,3-6,8,15H2/t12-/m1/s1. The van der Waals surface area contributed by atoms with Gasteiger partial charge < -0.3 is 10.5 Å². The number of ether oxygens (including phenoxy) is 1. The average molecular weight is 242 g/mol. The zero-order valence-corrected chi connectivity index (χ0v) is 9.53. The van der Waals surface area contributed by atoms with E-state index in [9.17, 15) is 8.78 Å². The first-order valence-corrected chi connectivity index (χ1v) is 5.69. The second-order valence-corrected chi connectivity index (χ2v) is 4.07. The van der Waals surface area contributed by atoms with E-state index in [1.807, 2.05) is 4.90 Å². The van der Waals surface area contributed by atoms with Crippen LogP contribution in [0.25, 0.3) is 0 Å². The summed E-state index contributed by atoms with van der Waals surface area (Å²) in [5.74, 6) is -0.846. The molecule has 1 atom stereocenters. The lowest BCUT2D eigenvalue weighted by Gasteiger charge is -2.34. The molecular weight excluding hydrogens is 226 g/mol. The maximum atomic E-state index is 13.7. The van der Waals surface area contributed by atoms with Crippen molar-refractivity contribution >= 4 is 0 Å². The smallest absolute Gasteiger partial charge is 0.128 e. The molecule has 1 fully saturated rings. The zero-order chi connectivity index (χ0) is 12.3. The average Bonchev–Trinajstić information content (AvgIpc) is 2.36. The van der Waals surface area contributed by atoms with Crippen molar-refractivity contribution in [2.24, 2.45) is 5.73 Å². The van der Waals surface area contributed by atoms with Gasteiger partial charge in [-0.05, 0) is 18.2 Å². The van der Waals surface area contributed by atoms with Crippen LogP contribution in [0.3, 0.4) is 0 Å². The third-order valence-corrected chi connectivity index (χ3v) is 3.03. The van der Waals surface area contributed by atoms with Crippen LogP contribution < -0.4 is 5.73 Å². The molecule has 1 aliphatic heterocycles. The van der Waals surface area contributed by atoms with E-state index in [0.29, 0.717) is 31.9 Å². The molecule has 0 saturated carbocycles. The molecule has 0 radical (unpaired) electrons. The van der Waals surface area contributed by atoms with Gasteiger partial charge in [-0.1, -0.05) is 0 Å². The van der Waals surface area contributed by atoms with E-state index in [1.54, 1.807) is 0 Å². The van der Waals surface area contributed by atoms with E-state index >= 15 is 0 Å². The Bertz CT molecular complexity index is 381. The van der Waals surface area contributed by atoms with E-state index in [0.717, 1.165) is 12.1 Å². The van der Waals surface area contributed by atoms with Crippen LogP contribution in [0.5, 0.6) is 0 Å². The Labute approximate surface area is 99.2 Å². The number of rotatable bonds is 3. The van der Waals surface area contributed by atoms with Crippen molar-refractivity contribution in [3.8, 4) is 0 Å². The molecule has 0 bridgehead atoms. The predicted octanol–water partition coefficient (Wildman–Crippen LogP) is 1.30. The Morgan fingerprint density at radius 2 is 2.00 bits per heavy atom. The highest BCUT2D eigenvalue weighted by molar-refractivity contribution is 5.23. The molecule has 0 spiro atoms. The lowest BCUT2D eigenvalue weighted by atomic mass is 10.0. The number of nitrogens with zero attached hydrogens (tertiary/aromatic N) is 1. The van der Waals surface area contributed by atoms with Crippen molar-refractivity contribution in [1.82, 2.24) is 4.90 Å². The van der Waals surface area contributed by atoms with Gasteiger partial charge in [0.05, 0.1) is 19.3 Å². The third kappa shape index (κ3) is 2.80. The fourth-order valence-electron chi connectivity index (χ4n) is 2.13. The van der Waals surface area contributed by atoms with Gasteiger partial charge >= 0.3 is 0 Å². The molecule has 2 rings (SSSR count). The van der Waals surface area contributed by atoms with Crippen LogP contribution in [0.4, 0.5) is 8.78 Å². The summed E-state index contributed by atoms with van der Waals surface area (Å²) in [5.41, 5.74) is 6.01. The van der Waals surface area contributed by atoms with Gasteiger partial charge in [-0.2, -0.15) is 0 Å². The summed E-state index contributed by atoms with van der Waals surface area (Å²) in [7, 11) is 0. The Kier molecular flexibility index (Phi) is 4.04. The lowest BCUT2D eigenvalue weighted by molar-refractivity contribution is 0.0171. The number of halogens is 2. The van der Waals surface area contributed by atoms with Gasteiger partial charge in [0.2, 0.25) is 0 Å². The summed E-state index contributed by atoms with van der Waals surface area (Å²) in [6.07, 6.45) is 0. The highest BCUT2D eigenvalue weighted by Gasteiger charge is 2.24. The molecule has 0 aromatic heterocycles. The van der Waals surface area contributed by atoms with Gasteiger partial charge in [0, 0.05) is 25.2 Å². The van der Waals surface area contributed by atoms with Crippen LogP contribution in [-0.2, 0) is 4.74 Å². The minimum absolute atomic E-state index is 0.264. The number of hydrogen-bond acceptors (Lipinski definition) is 3.